The molecule has 0 aliphatic carbocycles. The van der Waals surface area contributed by atoms with Crippen molar-refractivity contribution in [1.82, 2.24) is 14.8 Å². The number of fused-ring (bicyclic) bond motifs is 2. The number of nitrogens with zero attached hydrogens (tertiary/aromatic N) is 4. The predicted molar refractivity (Wildman–Crippen MR) is 91.7 cm³/mol. The highest BCUT2D eigenvalue weighted by atomic mass is 19.3. The number of pyridine rings is 1. The van der Waals surface area contributed by atoms with Crippen molar-refractivity contribution in [3.63, 3.8) is 0 Å². The number of urea groups is 1. The van der Waals surface area contributed by atoms with Crippen molar-refractivity contribution in [1.29, 1.82) is 0 Å². The highest BCUT2D eigenvalue weighted by molar-refractivity contribution is 6.04. The quantitative estimate of drug-likeness (QED) is 0.777. The van der Waals surface area contributed by atoms with Gasteiger partial charge in [0.2, 0.25) is 5.88 Å². The van der Waals surface area contributed by atoms with Crippen molar-refractivity contribution in [2.24, 2.45) is 7.05 Å². The minimum Gasteiger partial charge on any atom is -0.472 e. The first-order valence-corrected chi connectivity index (χ1v) is 7.92. The molecule has 1 aromatic carbocycles. The van der Waals surface area contributed by atoms with Gasteiger partial charge in [-0.15, -0.1) is 0 Å². The SMILES string of the molecule is Cn1cc2cc(N3Cc4ccc(OCC(F)F)nc4NC3=O)ccc2n1. The van der Waals surface area contributed by atoms with E-state index in [4.69, 9.17) is 4.74 Å². The molecule has 1 aliphatic rings. The van der Waals surface area contributed by atoms with Crippen molar-refractivity contribution >= 4 is 28.4 Å². The molecule has 1 N–H and O–H groups in total. The third kappa shape index (κ3) is 3.03. The molecule has 0 radical (unpaired) electrons. The number of nitrogens with one attached hydrogen (secondary N) is 1. The lowest BCUT2D eigenvalue weighted by atomic mass is 10.1. The fraction of sp³-hybridized carbons (Fsp3) is 0.235. The summed E-state index contributed by atoms with van der Waals surface area (Å²) >= 11 is 0. The Morgan fingerprint density at radius 2 is 2.15 bits per heavy atom. The van der Waals surface area contributed by atoms with E-state index in [0.29, 0.717) is 12.4 Å². The van der Waals surface area contributed by atoms with Gasteiger partial charge in [0.15, 0.2) is 6.61 Å². The van der Waals surface area contributed by atoms with Crippen molar-refractivity contribution in [3.8, 4) is 5.88 Å². The van der Waals surface area contributed by atoms with Gasteiger partial charge in [0.1, 0.15) is 5.82 Å². The fourth-order valence-corrected chi connectivity index (χ4v) is 2.86. The lowest BCUT2D eigenvalue weighted by Crippen LogP contribution is -2.39. The lowest BCUT2D eigenvalue weighted by molar-refractivity contribution is 0.0796. The average Bonchev–Trinajstić information content (AvgIpc) is 2.98. The summed E-state index contributed by atoms with van der Waals surface area (Å²) in [4.78, 5) is 18.1. The normalized spacial score (nSPS) is 13.8. The Labute approximate surface area is 147 Å². The second-order valence-corrected chi connectivity index (χ2v) is 5.92. The number of amides is 2. The molecule has 0 saturated heterocycles. The Hall–Kier alpha value is -3.23. The van der Waals surface area contributed by atoms with Crippen molar-refractivity contribution in [2.45, 2.75) is 13.0 Å². The Bertz CT molecular complexity index is 988. The summed E-state index contributed by atoms with van der Waals surface area (Å²) in [6.45, 7) is -0.425. The number of halogens is 2. The number of aromatic nitrogens is 3. The molecule has 3 heterocycles. The van der Waals surface area contributed by atoms with E-state index >= 15 is 0 Å². The van der Waals surface area contributed by atoms with Crippen LogP contribution in [0.15, 0.2) is 36.5 Å². The van der Waals surface area contributed by atoms with E-state index in [-0.39, 0.29) is 11.9 Å². The molecule has 0 spiro atoms. The zero-order valence-corrected chi connectivity index (χ0v) is 13.8. The summed E-state index contributed by atoms with van der Waals surface area (Å²) in [5, 5.41) is 7.92. The van der Waals surface area contributed by atoms with Crippen molar-refractivity contribution < 1.29 is 18.3 Å². The van der Waals surface area contributed by atoms with Crippen LogP contribution in [0.1, 0.15) is 5.56 Å². The number of aryl methyl sites for hydroxylation is 1. The highest BCUT2D eigenvalue weighted by Gasteiger charge is 2.25. The molecule has 2 amide bonds. The smallest absolute Gasteiger partial charge is 0.327 e. The number of benzene rings is 1. The number of ether oxygens (including phenoxy) is 1. The van der Waals surface area contributed by atoms with E-state index in [1.54, 1.807) is 15.6 Å². The first-order chi connectivity index (χ1) is 12.5. The summed E-state index contributed by atoms with van der Waals surface area (Å²) in [6, 6.07) is 8.44. The van der Waals surface area contributed by atoms with Gasteiger partial charge in [-0.25, -0.2) is 13.6 Å². The highest BCUT2D eigenvalue weighted by Crippen LogP contribution is 2.29. The van der Waals surface area contributed by atoms with Crippen LogP contribution in [-0.2, 0) is 13.6 Å². The second-order valence-electron chi connectivity index (χ2n) is 5.92. The van der Waals surface area contributed by atoms with Crippen LogP contribution in [0.25, 0.3) is 10.9 Å². The van der Waals surface area contributed by atoms with Gasteiger partial charge < -0.3 is 4.74 Å². The van der Waals surface area contributed by atoms with E-state index in [1.807, 2.05) is 31.4 Å². The van der Waals surface area contributed by atoms with Crippen molar-refractivity contribution in [3.05, 3.63) is 42.1 Å². The van der Waals surface area contributed by atoms with E-state index in [1.165, 1.54) is 6.07 Å². The van der Waals surface area contributed by atoms with Gasteiger partial charge >= 0.3 is 6.03 Å². The third-order valence-electron chi connectivity index (χ3n) is 4.02. The van der Waals surface area contributed by atoms with Gasteiger partial charge in [-0.2, -0.15) is 10.1 Å². The van der Waals surface area contributed by atoms with E-state index in [2.05, 4.69) is 15.4 Å². The van der Waals surface area contributed by atoms with E-state index in [0.717, 1.165) is 22.2 Å². The molecule has 7 nitrogen and oxygen atoms in total. The number of carbonyl (C=O) groups excluding carboxylic acids is 1. The molecule has 0 unspecified atom stereocenters. The van der Waals surface area contributed by atoms with E-state index < -0.39 is 13.0 Å². The van der Waals surface area contributed by atoms with Crippen LogP contribution >= 0.6 is 0 Å². The van der Waals surface area contributed by atoms with E-state index in [9.17, 15) is 13.6 Å². The number of rotatable bonds is 4. The molecule has 0 saturated carbocycles. The molecule has 0 fully saturated rings. The minimum atomic E-state index is -2.58. The van der Waals surface area contributed by atoms with Crippen LogP contribution in [0.2, 0.25) is 0 Å². The Morgan fingerprint density at radius 3 is 2.96 bits per heavy atom. The van der Waals surface area contributed by atoms with Gasteiger partial charge in [-0.05, 0) is 24.3 Å². The molecular formula is C17H15F2N5O2. The lowest BCUT2D eigenvalue weighted by Gasteiger charge is -2.29. The fourth-order valence-electron chi connectivity index (χ4n) is 2.86. The Kier molecular flexibility index (Phi) is 3.90. The van der Waals surface area contributed by atoms with Crippen LogP contribution in [0.3, 0.4) is 0 Å². The molecule has 4 rings (SSSR count). The third-order valence-corrected chi connectivity index (χ3v) is 4.02. The molecule has 3 aromatic rings. The summed E-state index contributed by atoms with van der Waals surface area (Å²) in [5.41, 5.74) is 2.34. The van der Waals surface area contributed by atoms with Crippen LogP contribution in [0.4, 0.5) is 25.1 Å². The van der Waals surface area contributed by atoms with Crippen molar-refractivity contribution in [2.75, 3.05) is 16.8 Å². The second kappa shape index (κ2) is 6.25. The van der Waals surface area contributed by atoms with Gasteiger partial charge in [0.05, 0.1) is 12.1 Å². The summed E-state index contributed by atoms with van der Waals surface area (Å²) < 4.78 is 31.1. The Balaban J connectivity index is 1.59. The standard InChI is InChI=1S/C17H15F2N5O2/c1-23-7-11-6-12(3-4-13(11)22-23)24-8-10-2-5-15(26-9-14(18)19)20-16(10)21-17(24)25/h2-7,14H,8-9H2,1H3,(H,20,21,25). The first kappa shape index (κ1) is 16.2. The molecule has 0 atom stereocenters. The number of alkyl halides is 2. The predicted octanol–water partition coefficient (Wildman–Crippen LogP) is 3.16. The zero-order valence-electron chi connectivity index (χ0n) is 13.8. The van der Waals surface area contributed by atoms with Crippen LogP contribution in [-0.4, -0.2) is 33.8 Å². The summed E-state index contributed by atoms with van der Waals surface area (Å²) in [5.74, 6) is 0.370. The van der Waals surface area contributed by atoms with Crippen LogP contribution < -0.4 is 15.0 Å². The number of hydrogen-bond donors (Lipinski definition) is 1. The molecule has 134 valence electrons. The van der Waals surface area contributed by atoms with Crippen LogP contribution in [0, 0.1) is 0 Å². The average molecular weight is 359 g/mol. The summed E-state index contributed by atoms with van der Waals surface area (Å²) in [6.07, 6.45) is -0.705. The number of hydrogen-bond acceptors (Lipinski definition) is 4. The van der Waals surface area contributed by atoms with Gasteiger partial charge in [-0.1, -0.05) is 0 Å². The molecular weight excluding hydrogens is 344 g/mol. The first-order valence-electron chi connectivity index (χ1n) is 7.92. The topological polar surface area (TPSA) is 72.3 Å². The zero-order chi connectivity index (χ0) is 18.3. The van der Waals surface area contributed by atoms with Crippen LogP contribution in [0.5, 0.6) is 5.88 Å². The number of anilines is 2. The maximum absolute atomic E-state index is 12.5. The largest absolute Gasteiger partial charge is 0.472 e. The number of carbonyl (C=O) groups is 1. The summed E-state index contributed by atoms with van der Waals surface area (Å²) in [7, 11) is 1.84. The van der Waals surface area contributed by atoms with Gasteiger partial charge in [0.25, 0.3) is 6.43 Å². The Morgan fingerprint density at radius 1 is 1.31 bits per heavy atom. The maximum Gasteiger partial charge on any atom is 0.327 e. The molecule has 1 aliphatic heterocycles. The van der Waals surface area contributed by atoms with Gasteiger partial charge in [-0.3, -0.25) is 14.9 Å². The molecule has 0 bridgehead atoms. The molecule has 9 heteroatoms. The minimum absolute atomic E-state index is 0.0505. The van der Waals surface area contributed by atoms with Gasteiger partial charge in [0, 0.05) is 35.9 Å². The monoisotopic (exact) mass is 359 g/mol. The molecule has 26 heavy (non-hydrogen) atoms. The molecule has 2 aromatic heterocycles. The maximum atomic E-state index is 12.5.